The lowest BCUT2D eigenvalue weighted by Gasteiger charge is -2.10. The minimum atomic E-state index is -0.607. The van der Waals surface area contributed by atoms with E-state index in [1.807, 2.05) is 0 Å². The SMILES string of the molecule is Cc1ccc(F)cc1Oc1ccc([N+](=O)[O-])cc1C=O. The Hall–Kier alpha value is -2.76. The number of ether oxygens (including phenoxy) is 1. The second kappa shape index (κ2) is 5.48. The average Bonchev–Trinajstić information content (AvgIpc) is 2.43. The number of hydrogen-bond donors (Lipinski definition) is 0. The molecule has 0 bridgehead atoms. The Labute approximate surface area is 113 Å². The number of nitro benzene ring substituents is 1. The molecule has 0 atom stereocenters. The van der Waals surface area contributed by atoms with Gasteiger partial charge in [-0.25, -0.2) is 4.39 Å². The summed E-state index contributed by atoms with van der Waals surface area (Å²) in [5, 5.41) is 10.6. The number of aryl methyl sites for hydroxylation is 1. The first-order valence-corrected chi connectivity index (χ1v) is 5.69. The number of carbonyl (C=O) groups excluding carboxylic acids is 1. The maximum atomic E-state index is 13.2. The first-order valence-electron chi connectivity index (χ1n) is 5.69. The average molecular weight is 275 g/mol. The number of rotatable bonds is 4. The number of halogens is 1. The fourth-order valence-electron chi connectivity index (χ4n) is 1.64. The predicted octanol–water partition coefficient (Wildman–Crippen LogP) is 3.65. The Morgan fingerprint density at radius 1 is 1.20 bits per heavy atom. The number of carbonyl (C=O) groups is 1. The molecule has 0 fully saturated rings. The van der Waals surface area contributed by atoms with Crippen LogP contribution in [0.15, 0.2) is 36.4 Å². The molecule has 0 saturated heterocycles. The van der Waals surface area contributed by atoms with Crippen LogP contribution >= 0.6 is 0 Å². The van der Waals surface area contributed by atoms with Crippen molar-refractivity contribution < 1.29 is 18.8 Å². The Kier molecular flexibility index (Phi) is 3.74. The zero-order valence-corrected chi connectivity index (χ0v) is 10.5. The van der Waals surface area contributed by atoms with E-state index >= 15 is 0 Å². The normalized spacial score (nSPS) is 10.1. The van der Waals surface area contributed by atoms with Crippen molar-refractivity contribution in [3.8, 4) is 11.5 Å². The summed E-state index contributed by atoms with van der Waals surface area (Å²) in [7, 11) is 0. The van der Waals surface area contributed by atoms with Gasteiger partial charge in [0.15, 0.2) is 6.29 Å². The topological polar surface area (TPSA) is 69.4 Å². The van der Waals surface area contributed by atoms with Gasteiger partial charge in [0.05, 0.1) is 10.5 Å². The molecular weight excluding hydrogens is 265 g/mol. The smallest absolute Gasteiger partial charge is 0.270 e. The predicted molar refractivity (Wildman–Crippen MR) is 69.7 cm³/mol. The molecule has 0 aliphatic rings. The van der Waals surface area contributed by atoms with Crippen LogP contribution in [0.1, 0.15) is 15.9 Å². The first-order chi connectivity index (χ1) is 9.51. The highest BCUT2D eigenvalue weighted by molar-refractivity contribution is 5.81. The monoisotopic (exact) mass is 275 g/mol. The van der Waals surface area contributed by atoms with Crippen LogP contribution in [0.25, 0.3) is 0 Å². The molecule has 2 aromatic carbocycles. The van der Waals surface area contributed by atoms with E-state index in [-0.39, 0.29) is 22.7 Å². The molecule has 20 heavy (non-hydrogen) atoms. The molecule has 102 valence electrons. The molecule has 0 aliphatic heterocycles. The third kappa shape index (κ3) is 2.80. The van der Waals surface area contributed by atoms with E-state index in [4.69, 9.17) is 4.74 Å². The molecule has 6 heteroatoms. The van der Waals surface area contributed by atoms with Gasteiger partial charge in [0.2, 0.25) is 0 Å². The van der Waals surface area contributed by atoms with Crippen molar-refractivity contribution in [1.82, 2.24) is 0 Å². The first kappa shape index (κ1) is 13.7. The van der Waals surface area contributed by atoms with Crippen LogP contribution in [0.3, 0.4) is 0 Å². The summed E-state index contributed by atoms with van der Waals surface area (Å²) in [6.07, 6.45) is 0.455. The fourth-order valence-corrected chi connectivity index (χ4v) is 1.64. The Morgan fingerprint density at radius 2 is 1.95 bits per heavy atom. The number of benzene rings is 2. The van der Waals surface area contributed by atoms with Crippen LogP contribution in [0.4, 0.5) is 10.1 Å². The highest BCUT2D eigenvalue weighted by Gasteiger charge is 2.13. The van der Waals surface area contributed by atoms with Crippen LogP contribution in [-0.2, 0) is 0 Å². The number of hydrogen-bond acceptors (Lipinski definition) is 4. The van der Waals surface area contributed by atoms with Gasteiger partial charge in [-0.15, -0.1) is 0 Å². The van der Waals surface area contributed by atoms with Crippen LogP contribution in [0, 0.1) is 22.9 Å². The van der Waals surface area contributed by atoms with Crippen LogP contribution in [-0.4, -0.2) is 11.2 Å². The number of nitro groups is 1. The molecule has 0 aromatic heterocycles. The largest absolute Gasteiger partial charge is 0.456 e. The fraction of sp³-hybridized carbons (Fsp3) is 0.0714. The van der Waals surface area contributed by atoms with Crippen LogP contribution in [0.2, 0.25) is 0 Å². The molecule has 0 aliphatic carbocycles. The van der Waals surface area contributed by atoms with Gasteiger partial charge in [-0.2, -0.15) is 0 Å². The molecule has 2 rings (SSSR count). The third-order valence-electron chi connectivity index (χ3n) is 2.70. The summed E-state index contributed by atoms with van der Waals surface area (Å²) in [4.78, 5) is 21.0. The van der Waals surface area contributed by atoms with Crippen molar-refractivity contribution >= 4 is 12.0 Å². The van der Waals surface area contributed by atoms with Gasteiger partial charge in [-0.3, -0.25) is 14.9 Å². The number of aldehydes is 1. The van der Waals surface area contributed by atoms with Crippen molar-refractivity contribution in [2.45, 2.75) is 6.92 Å². The van der Waals surface area contributed by atoms with Gasteiger partial charge >= 0.3 is 0 Å². The molecular formula is C14H10FNO4. The zero-order chi connectivity index (χ0) is 14.7. The minimum absolute atomic E-state index is 0.0304. The lowest BCUT2D eigenvalue weighted by molar-refractivity contribution is -0.384. The van der Waals surface area contributed by atoms with Crippen molar-refractivity contribution in [1.29, 1.82) is 0 Å². The summed E-state index contributed by atoms with van der Waals surface area (Å²) in [6, 6.07) is 7.65. The maximum absolute atomic E-state index is 13.2. The summed E-state index contributed by atoms with van der Waals surface area (Å²) in [5.74, 6) is -0.0820. The number of nitrogens with zero attached hydrogens (tertiary/aromatic N) is 1. The van der Waals surface area contributed by atoms with Crippen LogP contribution < -0.4 is 4.74 Å². The highest BCUT2D eigenvalue weighted by Crippen LogP contribution is 2.30. The van der Waals surface area contributed by atoms with Crippen molar-refractivity contribution in [2.24, 2.45) is 0 Å². The van der Waals surface area contributed by atoms with Gasteiger partial charge in [0, 0.05) is 18.2 Å². The molecule has 0 heterocycles. The molecule has 0 unspecified atom stereocenters. The third-order valence-corrected chi connectivity index (χ3v) is 2.70. The van der Waals surface area contributed by atoms with Gasteiger partial charge < -0.3 is 4.74 Å². The lowest BCUT2D eigenvalue weighted by atomic mass is 10.2. The van der Waals surface area contributed by atoms with Crippen LogP contribution in [0.5, 0.6) is 11.5 Å². The van der Waals surface area contributed by atoms with E-state index in [1.165, 1.54) is 30.3 Å². The standard InChI is InChI=1S/C14H10FNO4/c1-9-2-3-11(15)7-14(9)20-13-5-4-12(16(18)19)6-10(13)8-17/h2-8H,1H3. The summed E-state index contributed by atoms with van der Waals surface area (Å²) >= 11 is 0. The van der Waals surface area contributed by atoms with Gasteiger partial charge in [0.25, 0.3) is 5.69 Å². The van der Waals surface area contributed by atoms with E-state index < -0.39 is 10.7 Å². The Bertz CT molecular complexity index is 685. The molecule has 0 spiro atoms. The second-order valence-corrected chi connectivity index (χ2v) is 4.11. The molecule has 2 aromatic rings. The zero-order valence-electron chi connectivity index (χ0n) is 10.5. The van der Waals surface area contributed by atoms with Crippen molar-refractivity contribution in [3.05, 3.63) is 63.5 Å². The van der Waals surface area contributed by atoms with E-state index in [0.717, 1.165) is 6.07 Å². The number of non-ortho nitro benzene ring substituents is 1. The van der Waals surface area contributed by atoms with Crippen molar-refractivity contribution in [2.75, 3.05) is 0 Å². The van der Waals surface area contributed by atoms with Crippen molar-refractivity contribution in [3.63, 3.8) is 0 Å². The molecule has 0 amide bonds. The van der Waals surface area contributed by atoms with E-state index in [9.17, 15) is 19.3 Å². The van der Waals surface area contributed by atoms with E-state index in [0.29, 0.717) is 11.8 Å². The molecule has 5 nitrogen and oxygen atoms in total. The summed E-state index contributed by atoms with van der Waals surface area (Å²) in [5.41, 5.74) is 0.500. The quantitative estimate of drug-likeness (QED) is 0.485. The molecule has 0 radical (unpaired) electrons. The van der Waals surface area contributed by atoms with E-state index in [1.54, 1.807) is 6.92 Å². The van der Waals surface area contributed by atoms with E-state index in [2.05, 4.69) is 0 Å². The maximum Gasteiger partial charge on any atom is 0.270 e. The second-order valence-electron chi connectivity index (χ2n) is 4.11. The van der Waals surface area contributed by atoms with Gasteiger partial charge in [0.1, 0.15) is 17.3 Å². The Morgan fingerprint density at radius 3 is 2.60 bits per heavy atom. The summed E-state index contributed by atoms with van der Waals surface area (Å²) < 4.78 is 18.6. The summed E-state index contributed by atoms with van der Waals surface area (Å²) in [6.45, 7) is 1.72. The van der Waals surface area contributed by atoms with Gasteiger partial charge in [-0.05, 0) is 24.6 Å². The molecule has 0 N–H and O–H groups in total. The highest BCUT2D eigenvalue weighted by atomic mass is 19.1. The minimum Gasteiger partial charge on any atom is -0.456 e. The van der Waals surface area contributed by atoms with Gasteiger partial charge in [-0.1, -0.05) is 6.07 Å². The molecule has 0 saturated carbocycles. The lowest BCUT2D eigenvalue weighted by Crippen LogP contribution is -1.95. The Balaban J connectivity index is 2.40.